The Balaban J connectivity index is 5.23. The first kappa shape index (κ1) is 94.1. The molecule has 19 heteroatoms. The van der Waals surface area contributed by atoms with Gasteiger partial charge in [-0.05, 0) is 31.6 Å². The monoisotopic (exact) mass is 1410 g/mol. The Morgan fingerprint density at radius 2 is 0.479 bits per heavy atom. The molecule has 0 fully saturated rings. The van der Waals surface area contributed by atoms with Crippen molar-refractivity contribution < 1.29 is 80.2 Å². The van der Waals surface area contributed by atoms with Gasteiger partial charge in [0, 0.05) is 25.7 Å². The van der Waals surface area contributed by atoms with Gasteiger partial charge in [0.05, 0.1) is 26.4 Å². The average molecular weight is 1410 g/mol. The molecule has 0 spiro atoms. The van der Waals surface area contributed by atoms with Gasteiger partial charge < -0.3 is 33.8 Å². The first-order valence-electron chi connectivity index (χ1n) is 40.1. The number of phosphoric ester groups is 2. The van der Waals surface area contributed by atoms with Crippen LogP contribution in [0.5, 0.6) is 0 Å². The summed E-state index contributed by atoms with van der Waals surface area (Å²) in [5.74, 6) is -1.41. The fourth-order valence-electron chi connectivity index (χ4n) is 11.9. The number of esters is 4. The first-order valence-corrected chi connectivity index (χ1v) is 43.1. The smallest absolute Gasteiger partial charge is 0.462 e. The molecule has 0 aromatic heterocycles. The summed E-state index contributed by atoms with van der Waals surface area (Å²) in [6.07, 6.45) is 59.7. The lowest BCUT2D eigenvalue weighted by atomic mass is 10.0. The topological polar surface area (TPSA) is 237 Å². The van der Waals surface area contributed by atoms with Crippen LogP contribution in [0.1, 0.15) is 407 Å². The highest BCUT2D eigenvalue weighted by atomic mass is 31.2. The van der Waals surface area contributed by atoms with E-state index in [9.17, 15) is 43.2 Å². The highest BCUT2D eigenvalue weighted by Gasteiger charge is 2.30. The number of hydrogen-bond acceptors (Lipinski definition) is 15. The molecule has 0 rings (SSSR count). The third kappa shape index (κ3) is 70.5. The van der Waals surface area contributed by atoms with Crippen LogP contribution in [0.2, 0.25) is 0 Å². The molecule has 17 nitrogen and oxygen atoms in total. The Hall–Kier alpha value is -1.94. The van der Waals surface area contributed by atoms with Gasteiger partial charge in [-0.15, -0.1) is 0 Å². The second kappa shape index (κ2) is 70.1. The SMILES string of the molecule is CCCCCCCCCCCCCCCCCCCCCC(=O)O[C@H](COC(=O)CCCCCCCCCCCCCCCCC)COP(=O)(O)OC[C@@H](O)COP(=O)(O)OC[C@@H](COC(=O)CCCCCCCCCC(C)C)OC(=O)CCCCCCCCCCCCCC. The number of aliphatic hydroxyl groups excluding tert-OH is 1. The number of carbonyl (C=O) groups excluding carboxylic acids is 4. The molecule has 5 atom stereocenters. The summed E-state index contributed by atoms with van der Waals surface area (Å²) in [4.78, 5) is 72.8. The summed E-state index contributed by atoms with van der Waals surface area (Å²) in [6, 6.07) is 0. The molecular formula is C77H150O17P2. The van der Waals surface area contributed by atoms with Crippen LogP contribution in [-0.2, 0) is 65.4 Å². The van der Waals surface area contributed by atoms with Crippen LogP contribution in [0.15, 0.2) is 0 Å². The third-order valence-corrected chi connectivity index (χ3v) is 19.9. The zero-order chi connectivity index (χ0) is 70.5. The van der Waals surface area contributed by atoms with Crippen LogP contribution in [0.25, 0.3) is 0 Å². The normalized spacial score (nSPS) is 13.9. The van der Waals surface area contributed by atoms with Gasteiger partial charge in [0.2, 0.25) is 0 Å². The molecule has 570 valence electrons. The maximum atomic E-state index is 13.1. The van der Waals surface area contributed by atoms with Gasteiger partial charge in [-0.2, -0.15) is 0 Å². The Labute approximate surface area is 588 Å². The van der Waals surface area contributed by atoms with Gasteiger partial charge >= 0.3 is 39.5 Å². The van der Waals surface area contributed by atoms with Crippen molar-refractivity contribution in [2.75, 3.05) is 39.6 Å². The van der Waals surface area contributed by atoms with E-state index >= 15 is 0 Å². The number of ether oxygens (including phenoxy) is 4. The van der Waals surface area contributed by atoms with Gasteiger partial charge in [0.25, 0.3) is 0 Å². The minimum atomic E-state index is -4.96. The molecule has 0 bridgehead atoms. The lowest BCUT2D eigenvalue weighted by molar-refractivity contribution is -0.161. The number of unbranched alkanes of at least 4 members (excludes halogenated alkanes) is 49. The summed E-state index contributed by atoms with van der Waals surface area (Å²) >= 11 is 0. The summed E-state index contributed by atoms with van der Waals surface area (Å²) < 4.78 is 68.5. The van der Waals surface area contributed by atoms with E-state index in [0.717, 1.165) is 96.3 Å². The molecule has 96 heavy (non-hydrogen) atoms. The Bertz CT molecular complexity index is 1840. The second-order valence-corrected chi connectivity index (χ2v) is 31.1. The van der Waals surface area contributed by atoms with Crippen molar-refractivity contribution in [3.63, 3.8) is 0 Å². The van der Waals surface area contributed by atoms with Crippen molar-refractivity contribution in [3.05, 3.63) is 0 Å². The molecule has 0 amide bonds. The second-order valence-electron chi connectivity index (χ2n) is 28.2. The third-order valence-electron chi connectivity index (χ3n) is 18.0. The number of phosphoric acid groups is 2. The fraction of sp³-hybridized carbons (Fsp3) is 0.948. The zero-order valence-corrected chi connectivity index (χ0v) is 64.3. The predicted molar refractivity (Wildman–Crippen MR) is 391 cm³/mol. The van der Waals surface area contributed by atoms with E-state index in [4.69, 9.17) is 37.0 Å². The van der Waals surface area contributed by atoms with Crippen LogP contribution >= 0.6 is 15.6 Å². The van der Waals surface area contributed by atoms with Crippen LogP contribution in [0.3, 0.4) is 0 Å². The molecule has 0 saturated heterocycles. The van der Waals surface area contributed by atoms with Crippen molar-refractivity contribution in [3.8, 4) is 0 Å². The molecule has 2 unspecified atom stereocenters. The minimum Gasteiger partial charge on any atom is -0.462 e. The van der Waals surface area contributed by atoms with Crippen molar-refractivity contribution in [1.29, 1.82) is 0 Å². The van der Waals surface area contributed by atoms with Gasteiger partial charge in [-0.3, -0.25) is 37.3 Å². The van der Waals surface area contributed by atoms with Gasteiger partial charge in [0.15, 0.2) is 12.2 Å². The number of carbonyl (C=O) groups is 4. The number of rotatable bonds is 77. The molecular weight excluding hydrogens is 1260 g/mol. The zero-order valence-electron chi connectivity index (χ0n) is 62.5. The average Bonchev–Trinajstić information content (AvgIpc) is 1.71. The Morgan fingerprint density at radius 1 is 0.281 bits per heavy atom. The van der Waals surface area contributed by atoms with Crippen molar-refractivity contribution in [2.45, 2.75) is 425 Å². The summed E-state index contributed by atoms with van der Waals surface area (Å²) in [6.45, 7) is 7.25. The van der Waals surface area contributed by atoms with Crippen molar-refractivity contribution >= 4 is 39.5 Å². The van der Waals surface area contributed by atoms with Crippen molar-refractivity contribution in [1.82, 2.24) is 0 Å². The van der Waals surface area contributed by atoms with E-state index in [1.807, 2.05) is 0 Å². The molecule has 0 aliphatic carbocycles. The van der Waals surface area contributed by atoms with E-state index in [1.54, 1.807) is 0 Å². The Kier molecular flexibility index (Phi) is 68.7. The standard InChI is InChI=1S/C77H150O17P2/c1-6-9-12-15-18-21-24-27-29-30-31-32-34-36-39-42-47-53-58-63-77(82)93-72(66-87-74(79)60-55-50-45-40-38-35-33-28-25-22-19-16-13-10-7-2)68-91-95(83,84)89-64-71(78)65-90-96(85,86)92-69-73(67-88-75(80)61-56-51-48-43-44-49-54-59-70(4)5)94-76(81)62-57-52-46-41-37-26-23-20-17-14-11-8-3/h70-73,78H,6-69H2,1-5H3,(H,83,84)(H,85,86)/t71-,72-,73-/m1/s1. The molecule has 0 aromatic rings. The van der Waals surface area contributed by atoms with E-state index in [1.165, 1.54) is 225 Å². The van der Waals surface area contributed by atoms with Gasteiger partial charge in [0.1, 0.15) is 19.3 Å². The molecule has 3 N–H and O–H groups in total. The molecule has 0 saturated carbocycles. The Morgan fingerprint density at radius 3 is 0.708 bits per heavy atom. The summed E-state index contributed by atoms with van der Waals surface area (Å²) in [5, 5.41) is 10.6. The first-order chi connectivity index (χ1) is 46.5. The largest absolute Gasteiger partial charge is 0.472 e. The van der Waals surface area contributed by atoms with E-state index < -0.39 is 97.5 Å². The molecule has 0 aromatic carbocycles. The molecule has 0 radical (unpaired) electrons. The molecule has 0 aliphatic rings. The summed E-state index contributed by atoms with van der Waals surface area (Å²) in [5.41, 5.74) is 0. The predicted octanol–water partition coefficient (Wildman–Crippen LogP) is 22.9. The molecule has 0 aliphatic heterocycles. The lowest BCUT2D eigenvalue weighted by Crippen LogP contribution is -2.30. The number of hydrogen-bond donors (Lipinski definition) is 3. The highest BCUT2D eigenvalue weighted by Crippen LogP contribution is 2.45. The lowest BCUT2D eigenvalue weighted by Gasteiger charge is -2.21. The van der Waals surface area contributed by atoms with Crippen LogP contribution in [0.4, 0.5) is 0 Å². The quantitative estimate of drug-likeness (QED) is 0.0222. The molecule has 0 heterocycles. The van der Waals surface area contributed by atoms with Crippen LogP contribution < -0.4 is 0 Å². The van der Waals surface area contributed by atoms with Gasteiger partial charge in [-0.25, -0.2) is 9.13 Å². The van der Waals surface area contributed by atoms with E-state index in [-0.39, 0.29) is 25.7 Å². The minimum absolute atomic E-state index is 0.107. The van der Waals surface area contributed by atoms with Crippen LogP contribution in [0, 0.1) is 5.92 Å². The fourth-order valence-corrected chi connectivity index (χ4v) is 13.5. The van der Waals surface area contributed by atoms with Gasteiger partial charge in [-0.1, -0.05) is 356 Å². The van der Waals surface area contributed by atoms with E-state index in [0.29, 0.717) is 31.6 Å². The van der Waals surface area contributed by atoms with Crippen LogP contribution in [-0.4, -0.2) is 96.7 Å². The summed E-state index contributed by atoms with van der Waals surface area (Å²) in [7, 11) is -9.91. The number of aliphatic hydroxyl groups is 1. The van der Waals surface area contributed by atoms with Crippen molar-refractivity contribution in [2.24, 2.45) is 5.92 Å². The maximum absolute atomic E-state index is 13.1. The van der Waals surface area contributed by atoms with E-state index in [2.05, 4.69) is 34.6 Å². The maximum Gasteiger partial charge on any atom is 0.472 e. The highest BCUT2D eigenvalue weighted by molar-refractivity contribution is 7.47.